The molecule has 0 aromatic rings. The molecule has 0 bridgehead atoms. The van der Waals surface area contributed by atoms with Crippen molar-refractivity contribution >= 4 is 0 Å². The Morgan fingerprint density at radius 3 is 2.50 bits per heavy atom. The van der Waals surface area contributed by atoms with Crippen LogP contribution in [0, 0.1) is 5.92 Å². The van der Waals surface area contributed by atoms with Gasteiger partial charge in [0, 0.05) is 31.2 Å². The summed E-state index contributed by atoms with van der Waals surface area (Å²) >= 11 is 0. The average molecular weight is 222 g/mol. The molecule has 1 saturated heterocycles. The molecule has 3 rings (SSSR count). The molecule has 92 valence electrons. The zero-order valence-corrected chi connectivity index (χ0v) is 10.6. The number of likely N-dealkylation sites (tertiary alicyclic amines) is 1. The van der Waals surface area contributed by atoms with E-state index in [1.54, 1.807) is 0 Å². The Kier molecular flexibility index (Phi) is 3.21. The van der Waals surface area contributed by atoms with E-state index in [2.05, 4.69) is 17.1 Å². The molecule has 1 unspecified atom stereocenters. The van der Waals surface area contributed by atoms with E-state index in [1.807, 2.05) is 0 Å². The van der Waals surface area contributed by atoms with Gasteiger partial charge in [-0.2, -0.15) is 0 Å². The summed E-state index contributed by atoms with van der Waals surface area (Å²) in [6.45, 7) is 5.08. The number of hydrogen-bond acceptors (Lipinski definition) is 2. The largest absolute Gasteiger partial charge is 0.310 e. The first kappa shape index (κ1) is 11.0. The fourth-order valence-electron chi connectivity index (χ4n) is 3.66. The van der Waals surface area contributed by atoms with Gasteiger partial charge in [-0.25, -0.2) is 0 Å². The second kappa shape index (κ2) is 4.66. The molecular weight excluding hydrogens is 196 g/mol. The smallest absolute Gasteiger partial charge is 0.0209 e. The average Bonchev–Trinajstić information content (AvgIpc) is 2.82. The molecule has 1 heterocycles. The van der Waals surface area contributed by atoms with Crippen molar-refractivity contribution in [3.63, 3.8) is 0 Å². The van der Waals surface area contributed by atoms with Crippen molar-refractivity contribution in [3.8, 4) is 0 Å². The molecule has 1 aliphatic heterocycles. The Morgan fingerprint density at radius 1 is 1.06 bits per heavy atom. The molecule has 16 heavy (non-hydrogen) atoms. The summed E-state index contributed by atoms with van der Waals surface area (Å²) < 4.78 is 0. The van der Waals surface area contributed by atoms with Crippen LogP contribution < -0.4 is 5.32 Å². The van der Waals surface area contributed by atoms with Crippen molar-refractivity contribution in [2.75, 3.05) is 13.1 Å². The molecule has 0 aromatic heterocycles. The van der Waals surface area contributed by atoms with Crippen LogP contribution in [0.1, 0.15) is 51.9 Å². The van der Waals surface area contributed by atoms with Crippen LogP contribution in [0.5, 0.6) is 0 Å². The monoisotopic (exact) mass is 222 g/mol. The van der Waals surface area contributed by atoms with Gasteiger partial charge in [0.2, 0.25) is 0 Å². The number of nitrogens with zero attached hydrogens (tertiary/aromatic N) is 1. The maximum absolute atomic E-state index is 3.89. The van der Waals surface area contributed by atoms with Crippen molar-refractivity contribution in [1.82, 2.24) is 10.2 Å². The minimum Gasteiger partial charge on any atom is -0.310 e. The summed E-state index contributed by atoms with van der Waals surface area (Å²) in [5.41, 5.74) is 0. The van der Waals surface area contributed by atoms with Gasteiger partial charge >= 0.3 is 0 Å². The highest BCUT2D eigenvalue weighted by molar-refractivity contribution is 4.93. The van der Waals surface area contributed by atoms with Gasteiger partial charge in [0.05, 0.1) is 0 Å². The van der Waals surface area contributed by atoms with E-state index in [4.69, 9.17) is 0 Å². The van der Waals surface area contributed by atoms with Crippen molar-refractivity contribution in [2.24, 2.45) is 5.92 Å². The lowest BCUT2D eigenvalue weighted by Crippen LogP contribution is -2.42. The lowest BCUT2D eigenvalue weighted by Gasteiger charge is -2.25. The van der Waals surface area contributed by atoms with E-state index in [1.165, 1.54) is 58.0 Å². The zero-order chi connectivity index (χ0) is 11.0. The van der Waals surface area contributed by atoms with E-state index >= 15 is 0 Å². The summed E-state index contributed by atoms with van der Waals surface area (Å²) in [5, 5.41) is 3.89. The minimum atomic E-state index is 0.756. The summed E-state index contributed by atoms with van der Waals surface area (Å²) in [7, 11) is 0. The molecule has 0 radical (unpaired) electrons. The Balaban J connectivity index is 1.44. The van der Waals surface area contributed by atoms with E-state index in [0.717, 1.165) is 24.0 Å². The third-order valence-corrected chi connectivity index (χ3v) is 4.89. The number of hydrogen-bond donors (Lipinski definition) is 1. The first-order chi connectivity index (χ1) is 7.83. The SMILES string of the molecule is C[C@H](NC1CCN(C2CC2)C1)C1CCCC1. The first-order valence-corrected chi connectivity index (χ1v) is 7.33. The van der Waals surface area contributed by atoms with Gasteiger partial charge in [0.25, 0.3) is 0 Å². The highest BCUT2D eigenvalue weighted by Gasteiger charge is 2.35. The van der Waals surface area contributed by atoms with Crippen LogP contribution in [-0.4, -0.2) is 36.1 Å². The van der Waals surface area contributed by atoms with Gasteiger partial charge in [-0.15, -0.1) is 0 Å². The number of nitrogens with one attached hydrogen (secondary N) is 1. The minimum absolute atomic E-state index is 0.756. The molecule has 2 atom stereocenters. The van der Waals surface area contributed by atoms with Gasteiger partial charge in [-0.3, -0.25) is 4.90 Å². The van der Waals surface area contributed by atoms with Gasteiger partial charge in [-0.1, -0.05) is 12.8 Å². The molecular formula is C14H26N2. The van der Waals surface area contributed by atoms with Gasteiger partial charge in [0.15, 0.2) is 0 Å². The lowest BCUT2D eigenvalue weighted by atomic mass is 9.99. The topological polar surface area (TPSA) is 15.3 Å². The quantitative estimate of drug-likeness (QED) is 0.786. The van der Waals surface area contributed by atoms with Crippen molar-refractivity contribution in [2.45, 2.75) is 70.0 Å². The zero-order valence-electron chi connectivity index (χ0n) is 10.6. The van der Waals surface area contributed by atoms with Gasteiger partial charge < -0.3 is 5.32 Å². The molecule has 2 aliphatic carbocycles. The van der Waals surface area contributed by atoms with Crippen LogP contribution in [0.25, 0.3) is 0 Å². The Bertz CT molecular complexity index is 231. The molecule has 1 N–H and O–H groups in total. The summed E-state index contributed by atoms with van der Waals surface area (Å²) in [6.07, 6.45) is 10.2. The lowest BCUT2D eigenvalue weighted by molar-refractivity contribution is 0.298. The van der Waals surface area contributed by atoms with Crippen LogP contribution in [0.15, 0.2) is 0 Å². The van der Waals surface area contributed by atoms with Gasteiger partial charge in [-0.05, 0) is 44.9 Å². The van der Waals surface area contributed by atoms with Crippen LogP contribution in [0.2, 0.25) is 0 Å². The highest BCUT2D eigenvalue weighted by Crippen LogP contribution is 2.31. The molecule has 0 amide bonds. The molecule has 2 heteroatoms. The van der Waals surface area contributed by atoms with Crippen LogP contribution in [0.3, 0.4) is 0 Å². The van der Waals surface area contributed by atoms with E-state index in [0.29, 0.717) is 0 Å². The summed E-state index contributed by atoms with van der Waals surface area (Å²) in [5.74, 6) is 0.968. The summed E-state index contributed by atoms with van der Waals surface area (Å²) in [4.78, 5) is 2.71. The third-order valence-electron chi connectivity index (χ3n) is 4.89. The van der Waals surface area contributed by atoms with Crippen LogP contribution >= 0.6 is 0 Å². The molecule has 2 nitrogen and oxygen atoms in total. The van der Waals surface area contributed by atoms with E-state index in [-0.39, 0.29) is 0 Å². The Hall–Kier alpha value is -0.0800. The van der Waals surface area contributed by atoms with E-state index < -0.39 is 0 Å². The molecule has 0 aromatic carbocycles. The van der Waals surface area contributed by atoms with Crippen LogP contribution in [0.4, 0.5) is 0 Å². The standard InChI is InChI=1S/C14H26N2/c1-11(12-4-2-3-5-12)15-13-8-9-16(10-13)14-6-7-14/h11-15H,2-10H2,1H3/t11-,13?/m0/s1. The predicted octanol–water partition coefficient (Wildman–Crippen LogP) is 2.39. The molecule has 0 spiro atoms. The van der Waals surface area contributed by atoms with Crippen LogP contribution in [-0.2, 0) is 0 Å². The summed E-state index contributed by atoms with van der Waals surface area (Å²) in [6, 6.07) is 2.51. The Labute approximate surface area is 99.8 Å². The van der Waals surface area contributed by atoms with Crippen molar-refractivity contribution in [3.05, 3.63) is 0 Å². The van der Waals surface area contributed by atoms with Crippen molar-refractivity contribution < 1.29 is 0 Å². The molecule has 3 fully saturated rings. The third kappa shape index (κ3) is 2.43. The Morgan fingerprint density at radius 2 is 1.81 bits per heavy atom. The van der Waals surface area contributed by atoms with Crippen molar-refractivity contribution in [1.29, 1.82) is 0 Å². The number of rotatable bonds is 4. The molecule has 2 saturated carbocycles. The molecule has 3 aliphatic rings. The van der Waals surface area contributed by atoms with E-state index in [9.17, 15) is 0 Å². The predicted molar refractivity (Wildman–Crippen MR) is 67.6 cm³/mol. The highest BCUT2D eigenvalue weighted by atomic mass is 15.2. The first-order valence-electron chi connectivity index (χ1n) is 7.33. The maximum atomic E-state index is 3.89. The second-order valence-electron chi connectivity index (χ2n) is 6.21. The second-order valence-corrected chi connectivity index (χ2v) is 6.21. The fourth-order valence-corrected chi connectivity index (χ4v) is 3.66. The maximum Gasteiger partial charge on any atom is 0.0209 e. The fraction of sp³-hybridized carbons (Fsp3) is 1.00. The van der Waals surface area contributed by atoms with Gasteiger partial charge in [0.1, 0.15) is 0 Å². The normalized spacial score (nSPS) is 34.7.